The van der Waals surface area contributed by atoms with Gasteiger partial charge in [0.2, 0.25) is 0 Å². The van der Waals surface area contributed by atoms with Gasteiger partial charge in [-0.3, -0.25) is 0 Å². The molecule has 0 bridgehead atoms. The molecule has 0 N–H and O–H groups in total. The van der Waals surface area contributed by atoms with Crippen molar-refractivity contribution < 1.29 is 4.74 Å². The molecular formula is C29H29NOP+. The monoisotopic (exact) mass is 438 g/mol. The van der Waals surface area contributed by atoms with E-state index in [-0.39, 0.29) is 0 Å². The van der Waals surface area contributed by atoms with Gasteiger partial charge in [0.1, 0.15) is 23.2 Å². The molecule has 2 nitrogen and oxygen atoms in total. The van der Waals surface area contributed by atoms with E-state index in [1.165, 1.54) is 27.2 Å². The van der Waals surface area contributed by atoms with Crippen molar-refractivity contribution in [1.82, 2.24) is 0 Å². The molecule has 0 radical (unpaired) electrons. The van der Waals surface area contributed by atoms with E-state index >= 15 is 0 Å². The molecule has 5 rings (SSSR count). The summed E-state index contributed by atoms with van der Waals surface area (Å²) in [6.45, 7) is 3.56. The number of hydrogen-bond donors (Lipinski definition) is 0. The van der Waals surface area contributed by atoms with Gasteiger partial charge in [0.05, 0.1) is 19.4 Å². The zero-order valence-corrected chi connectivity index (χ0v) is 19.2. The van der Waals surface area contributed by atoms with E-state index < -0.39 is 7.26 Å². The minimum Gasteiger partial charge on any atom is -0.378 e. The number of ether oxygens (including phenoxy) is 1. The lowest BCUT2D eigenvalue weighted by Crippen LogP contribution is -2.36. The number of rotatable bonds is 6. The van der Waals surface area contributed by atoms with Gasteiger partial charge in [0.15, 0.2) is 0 Å². The van der Waals surface area contributed by atoms with E-state index in [0.29, 0.717) is 0 Å². The third kappa shape index (κ3) is 4.21. The number of hydrogen-bond acceptors (Lipinski definition) is 2. The molecular weight excluding hydrogens is 409 g/mol. The maximum absolute atomic E-state index is 5.52. The van der Waals surface area contributed by atoms with Crippen molar-refractivity contribution in [3.05, 3.63) is 121 Å². The van der Waals surface area contributed by atoms with Crippen LogP contribution in [0.3, 0.4) is 0 Å². The van der Waals surface area contributed by atoms with Gasteiger partial charge in [0, 0.05) is 18.8 Å². The molecule has 4 aromatic carbocycles. The summed E-state index contributed by atoms with van der Waals surface area (Å²) in [6, 6.07) is 42.5. The fourth-order valence-electron chi connectivity index (χ4n) is 4.68. The quantitative estimate of drug-likeness (QED) is 0.392. The predicted octanol–water partition coefficient (Wildman–Crippen LogP) is 5.02. The van der Waals surface area contributed by atoms with Crippen LogP contribution in [0.4, 0.5) is 5.69 Å². The zero-order chi connectivity index (χ0) is 21.6. The first-order chi connectivity index (χ1) is 15.9. The lowest BCUT2D eigenvalue weighted by Gasteiger charge is -2.30. The molecule has 0 atom stereocenters. The SMILES string of the molecule is c1ccc([P+](Cc2ccc(N3CCOCC3)cc2)(c2ccccc2)c2ccccc2)cc1. The van der Waals surface area contributed by atoms with E-state index in [1.807, 2.05) is 0 Å². The van der Waals surface area contributed by atoms with E-state index in [2.05, 4.69) is 120 Å². The first-order valence-corrected chi connectivity index (χ1v) is 13.3. The highest BCUT2D eigenvalue weighted by atomic mass is 31.2. The number of benzene rings is 4. The second-order valence-electron chi connectivity index (χ2n) is 8.24. The molecule has 1 saturated heterocycles. The Morgan fingerprint density at radius 3 is 1.44 bits per heavy atom. The lowest BCUT2D eigenvalue weighted by molar-refractivity contribution is 0.122. The maximum Gasteiger partial charge on any atom is 0.116 e. The number of morpholine rings is 1. The normalized spacial score (nSPS) is 14.3. The summed E-state index contributed by atoms with van der Waals surface area (Å²) in [5.41, 5.74) is 2.67. The zero-order valence-electron chi connectivity index (χ0n) is 18.3. The fourth-order valence-corrected chi connectivity index (χ4v) is 8.92. The molecule has 0 aromatic heterocycles. The van der Waals surface area contributed by atoms with E-state index in [0.717, 1.165) is 32.5 Å². The van der Waals surface area contributed by atoms with Crippen molar-refractivity contribution in [3.8, 4) is 0 Å². The Morgan fingerprint density at radius 2 is 1.00 bits per heavy atom. The minimum absolute atomic E-state index is 0.812. The van der Waals surface area contributed by atoms with Crippen LogP contribution in [0.25, 0.3) is 0 Å². The Morgan fingerprint density at radius 1 is 0.562 bits per heavy atom. The second kappa shape index (κ2) is 9.69. The largest absolute Gasteiger partial charge is 0.378 e. The van der Waals surface area contributed by atoms with Crippen LogP contribution >= 0.6 is 7.26 Å². The molecule has 0 amide bonds. The summed E-state index contributed by atoms with van der Waals surface area (Å²) in [5.74, 6) is 0. The topological polar surface area (TPSA) is 12.5 Å². The highest BCUT2D eigenvalue weighted by molar-refractivity contribution is 7.95. The van der Waals surface area contributed by atoms with Crippen molar-refractivity contribution in [2.75, 3.05) is 31.2 Å². The molecule has 4 aromatic rings. The van der Waals surface area contributed by atoms with Crippen LogP contribution in [0.5, 0.6) is 0 Å². The molecule has 1 heterocycles. The van der Waals surface area contributed by atoms with Crippen molar-refractivity contribution in [2.45, 2.75) is 6.16 Å². The summed E-state index contributed by atoms with van der Waals surface area (Å²) in [5, 5.41) is 4.28. The molecule has 160 valence electrons. The van der Waals surface area contributed by atoms with Crippen LogP contribution in [-0.2, 0) is 10.9 Å². The van der Waals surface area contributed by atoms with Gasteiger partial charge in [-0.1, -0.05) is 66.7 Å². The molecule has 1 aliphatic rings. The van der Waals surface area contributed by atoms with Crippen LogP contribution in [0.2, 0.25) is 0 Å². The molecule has 1 fully saturated rings. The van der Waals surface area contributed by atoms with Crippen LogP contribution < -0.4 is 20.8 Å². The molecule has 0 unspecified atom stereocenters. The number of nitrogens with zero attached hydrogens (tertiary/aromatic N) is 1. The van der Waals surface area contributed by atoms with Crippen molar-refractivity contribution in [3.63, 3.8) is 0 Å². The minimum atomic E-state index is -1.86. The van der Waals surface area contributed by atoms with Crippen LogP contribution in [0.15, 0.2) is 115 Å². The Balaban J connectivity index is 1.60. The summed E-state index contributed by atoms with van der Waals surface area (Å²) in [4.78, 5) is 2.42. The molecule has 1 aliphatic heterocycles. The van der Waals surface area contributed by atoms with Gasteiger partial charge in [-0.05, 0) is 54.1 Å². The smallest absolute Gasteiger partial charge is 0.116 e. The van der Waals surface area contributed by atoms with Gasteiger partial charge < -0.3 is 9.64 Å². The fraction of sp³-hybridized carbons (Fsp3) is 0.172. The molecule has 0 spiro atoms. The Bertz CT molecular complexity index is 1010. The summed E-state index contributed by atoms with van der Waals surface area (Å²) in [7, 11) is -1.86. The van der Waals surface area contributed by atoms with Crippen LogP contribution in [-0.4, -0.2) is 26.3 Å². The third-order valence-corrected chi connectivity index (χ3v) is 10.7. The van der Waals surface area contributed by atoms with Crippen LogP contribution in [0, 0.1) is 0 Å². The average molecular weight is 439 g/mol. The van der Waals surface area contributed by atoms with Crippen molar-refractivity contribution in [2.24, 2.45) is 0 Å². The molecule has 0 aliphatic carbocycles. The van der Waals surface area contributed by atoms with E-state index in [9.17, 15) is 0 Å². The van der Waals surface area contributed by atoms with Gasteiger partial charge in [-0.15, -0.1) is 0 Å². The first kappa shape index (κ1) is 20.9. The lowest BCUT2D eigenvalue weighted by atomic mass is 10.2. The third-order valence-electron chi connectivity index (χ3n) is 6.32. The van der Waals surface area contributed by atoms with Crippen molar-refractivity contribution >= 4 is 28.9 Å². The Kier molecular flexibility index (Phi) is 6.34. The maximum atomic E-state index is 5.52. The van der Waals surface area contributed by atoms with Gasteiger partial charge in [-0.2, -0.15) is 0 Å². The van der Waals surface area contributed by atoms with Crippen LogP contribution in [0.1, 0.15) is 5.56 Å². The highest BCUT2D eigenvalue weighted by Crippen LogP contribution is 2.58. The predicted molar refractivity (Wildman–Crippen MR) is 138 cm³/mol. The Hall–Kier alpha value is -2.93. The van der Waals surface area contributed by atoms with Gasteiger partial charge in [0.25, 0.3) is 0 Å². The van der Waals surface area contributed by atoms with Gasteiger partial charge in [-0.25, -0.2) is 0 Å². The summed E-state index contributed by atoms with van der Waals surface area (Å²) in [6.07, 6.45) is 1.01. The number of anilines is 1. The average Bonchev–Trinajstić information content (AvgIpc) is 2.90. The molecule has 32 heavy (non-hydrogen) atoms. The van der Waals surface area contributed by atoms with Gasteiger partial charge >= 0.3 is 0 Å². The molecule has 0 saturated carbocycles. The second-order valence-corrected chi connectivity index (χ2v) is 11.7. The van der Waals surface area contributed by atoms with Crippen molar-refractivity contribution in [1.29, 1.82) is 0 Å². The standard InChI is InChI=1S/C29H29NOP/c1-4-10-27(11-5-1)32(28-12-6-2-7-13-28,29-14-8-3-9-15-29)24-25-16-18-26(19-17-25)30-20-22-31-23-21-30/h1-19H,20-24H2/q+1. The Labute approximate surface area is 191 Å². The van der Waals surface area contributed by atoms with E-state index in [1.54, 1.807) is 0 Å². The molecule has 3 heteroatoms. The summed E-state index contributed by atoms with van der Waals surface area (Å²) < 4.78 is 5.52. The first-order valence-electron chi connectivity index (χ1n) is 11.3. The van der Waals surface area contributed by atoms with E-state index in [4.69, 9.17) is 4.74 Å². The highest BCUT2D eigenvalue weighted by Gasteiger charge is 2.45. The summed E-state index contributed by atoms with van der Waals surface area (Å²) >= 11 is 0.